The van der Waals surface area contributed by atoms with Crippen molar-refractivity contribution in [2.45, 2.75) is 0 Å². The molecule has 0 heterocycles. The van der Waals surface area contributed by atoms with Gasteiger partial charge in [-0.15, -0.1) is 4.33 Å². The van der Waals surface area contributed by atoms with E-state index in [1.54, 1.807) is 12.1 Å². The molecule has 0 aromatic heterocycles. The van der Waals surface area contributed by atoms with Gasteiger partial charge >= 0.3 is 0 Å². The SMILES string of the molecule is OCCSOOc1ccccc1. The predicted molar refractivity (Wildman–Crippen MR) is 47.7 cm³/mol. The molecule has 3 nitrogen and oxygen atoms in total. The van der Waals surface area contributed by atoms with Crippen LogP contribution in [0.5, 0.6) is 5.75 Å². The van der Waals surface area contributed by atoms with Crippen LogP contribution in [0.3, 0.4) is 0 Å². The van der Waals surface area contributed by atoms with Gasteiger partial charge in [0.05, 0.1) is 6.61 Å². The van der Waals surface area contributed by atoms with Gasteiger partial charge in [-0.05, 0) is 12.1 Å². The standard InChI is InChI=1S/C8H10O3S/c9-6-7-12-11-10-8-4-2-1-3-5-8/h1-5,9H,6-7H2. The summed E-state index contributed by atoms with van der Waals surface area (Å²) in [6.45, 7) is 0.0861. The molecule has 0 saturated heterocycles. The molecule has 0 saturated carbocycles. The fourth-order valence-electron chi connectivity index (χ4n) is 0.611. The average Bonchev–Trinajstić information content (AvgIpc) is 2.14. The number of aliphatic hydroxyl groups is 1. The molecule has 1 rings (SSSR count). The van der Waals surface area contributed by atoms with Crippen molar-refractivity contribution in [1.29, 1.82) is 0 Å². The van der Waals surface area contributed by atoms with Gasteiger partial charge < -0.3 is 9.99 Å². The second-order valence-corrected chi connectivity index (χ2v) is 2.79. The molecule has 12 heavy (non-hydrogen) atoms. The maximum atomic E-state index is 8.41. The highest BCUT2D eigenvalue weighted by molar-refractivity contribution is 7.94. The highest BCUT2D eigenvalue weighted by Crippen LogP contribution is 2.12. The lowest BCUT2D eigenvalue weighted by Crippen LogP contribution is -1.92. The molecule has 0 aliphatic rings. The van der Waals surface area contributed by atoms with Crippen molar-refractivity contribution in [2.75, 3.05) is 12.4 Å². The Labute approximate surface area is 75.4 Å². The van der Waals surface area contributed by atoms with E-state index < -0.39 is 0 Å². The maximum Gasteiger partial charge on any atom is 0.166 e. The normalized spacial score (nSPS) is 9.75. The Morgan fingerprint density at radius 2 is 2.00 bits per heavy atom. The third kappa shape index (κ3) is 3.61. The van der Waals surface area contributed by atoms with Gasteiger partial charge in [0.2, 0.25) is 0 Å². The molecule has 0 fully saturated rings. The lowest BCUT2D eigenvalue weighted by atomic mass is 10.3. The molecule has 0 atom stereocenters. The van der Waals surface area contributed by atoms with Crippen LogP contribution in [0.1, 0.15) is 0 Å². The van der Waals surface area contributed by atoms with Gasteiger partial charge in [-0.3, -0.25) is 0 Å². The van der Waals surface area contributed by atoms with E-state index in [1.807, 2.05) is 18.2 Å². The van der Waals surface area contributed by atoms with Crippen molar-refractivity contribution in [1.82, 2.24) is 0 Å². The van der Waals surface area contributed by atoms with Crippen molar-refractivity contribution in [3.05, 3.63) is 30.3 Å². The van der Waals surface area contributed by atoms with Gasteiger partial charge in [0, 0.05) is 17.8 Å². The van der Waals surface area contributed by atoms with Gasteiger partial charge in [-0.25, -0.2) is 0 Å². The Hall–Kier alpha value is -0.710. The molecule has 1 aromatic rings. The third-order valence-corrected chi connectivity index (χ3v) is 1.61. The molecule has 1 N–H and O–H groups in total. The summed E-state index contributed by atoms with van der Waals surface area (Å²) < 4.78 is 4.72. The van der Waals surface area contributed by atoms with Crippen molar-refractivity contribution in [3.8, 4) is 5.75 Å². The van der Waals surface area contributed by atoms with Crippen LogP contribution in [0.25, 0.3) is 0 Å². The van der Waals surface area contributed by atoms with Gasteiger partial charge in [-0.1, -0.05) is 18.2 Å². The first-order valence-electron chi connectivity index (χ1n) is 3.55. The van der Waals surface area contributed by atoms with E-state index in [9.17, 15) is 0 Å². The Morgan fingerprint density at radius 3 is 2.67 bits per heavy atom. The lowest BCUT2D eigenvalue weighted by Gasteiger charge is -2.00. The summed E-state index contributed by atoms with van der Waals surface area (Å²) in [6, 6.07) is 9.19. The van der Waals surface area contributed by atoms with Crippen molar-refractivity contribution in [3.63, 3.8) is 0 Å². The van der Waals surface area contributed by atoms with Crippen molar-refractivity contribution in [2.24, 2.45) is 0 Å². The molecule has 0 aliphatic carbocycles. The number of aliphatic hydroxyl groups excluding tert-OH is 1. The minimum absolute atomic E-state index is 0.0861. The minimum Gasteiger partial charge on any atom is -0.395 e. The van der Waals surface area contributed by atoms with Gasteiger partial charge in [0.25, 0.3) is 0 Å². The largest absolute Gasteiger partial charge is 0.395 e. The van der Waals surface area contributed by atoms with Crippen molar-refractivity contribution >= 4 is 12.0 Å². The lowest BCUT2D eigenvalue weighted by molar-refractivity contribution is -0.0778. The minimum atomic E-state index is 0.0861. The first kappa shape index (κ1) is 9.38. The topological polar surface area (TPSA) is 38.7 Å². The highest BCUT2D eigenvalue weighted by Gasteiger charge is 1.92. The van der Waals surface area contributed by atoms with Crippen LogP contribution in [0, 0.1) is 0 Å². The molecule has 0 radical (unpaired) electrons. The van der Waals surface area contributed by atoms with E-state index in [2.05, 4.69) is 0 Å². The second-order valence-electron chi connectivity index (χ2n) is 2.01. The molecule has 0 unspecified atom stereocenters. The molecule has 1 aromatic carbocycles. The number of rotatable bonds is 5. The Morgan fingerprint density at radius 1 is 1.25 bits per heavy atom. The number of benzene rings is 1. The molecule has 4 heteroatoms. The average molecular weight is 186 g/mol. The fraction of sp³-hybridized carbons (Fsp3) is 0.250. The monoisotopic (exact) mass is 186 g/mol. The maximum absolute atomic E-state index is 8.41. The zero-order chi connectivity index (χ0) is 8.65. The van der Waals surface area contributed by atoms with Crippen molar-refractivity contribution < 1.29 is 14.3 Å². The summed E-state index contributed by atoms with van der Waals surface area (Å²) in [5.41, 5.74) is 0. The third-order valence-electron chi connectivity index (χ3n) is 1.10. The molecule has 0 spiro atoms. The first-order valence-corrected chi connectivity index (χ1v) is 4.46. The van der Waals surface area contributed by atoms with E-state index in [-0.39, 0.29) is 6.61 Å². The predicted octanol–water partition coefficient (Wildman–Crippen LogP) is 1.64. The smallest absolute Gasteiger partial charge is 0.166 e. The summed E-state index contributed by atoms with van der Waals surface area (Å²) in [4.78, 5) is 4.86. The number of hydrogen-bond donors (Lipinski definition) is 1. The summed E-state index contributed by atoms with van der Waals surface area (Å²) in [7, 11) is 0. The van der Waals surface area contributed by atoms with Gasteiger partial charge in [-0.2, -0.15) is 0 Å². The zero-order valence-electron chi connectivity index (χ0n) is 6.47. The van der Waals surface area contributed by atoms with E-state index in [1.165, 1.54) is 0 Å². The Kier molecular flexibility index (Phi) is 4.60. The van der Waals surface area contributed by atoms with Crippen LogP contribution in [0.4, 0.5) is 0 Å². The van der Waals surface area contributed by atoms with E-state index in [0.29, 0.717) is 11.5 Å². The van der Waals surface area contributed by atoms with Crippen LogP contribution in [0.15, 0.2) is 30.3 Å². The summed E-state index contributed by atoms with van der Waals surface area (Å²) in [5.74, 6) is 1.16. The van der Waals surface area contributed by atoms with Crippen LogP contribution >= 0.6 is 12.0 Å². The molecular formula is C8H10O3S. The van der Waals surface area contributed by atoms with Crippen LogP contribution in [-0.2, 0) is 4.33 Å². The zero-order valence-corrected chi connectivity index (χ0v) is 7.29. The fourth-order valence-corrected chi connectivity index (χ4v) is 0.880. The highest BCUT2D eigenvalue weighted by atomic mass is 32.2. The molecule has 0 bridgehead atoms. The molecule has 0 amide bonds. The summed E-state index contributed by atoms with van der Waals surface area (Å²) in [5, 5.41) is 8.41. The summed E-state index contributed by atoms with van der Waals surface area (Å²) in [6.07, 6.45) is 0. The Balaban J connectivity index is 2.16. The molecular weight excluding hydrogens is 176 g/mol. The van der Waals surface area contributed by atoms with E-state index >= 15 is 0 Å². The van der Waals surface area contributed by atoms with E-state index in [4.69, 9.17) is 14.3 Å². The molecule has 66 valence electrons. The molecule has 0 aliphatic heterocycles. The van der Waals surface area contributed by atoms with Crippen LogP contribution in [0.2, 0.25) is 0 Å². The van der Waals surface area contributed by atoms with Crippen LogP contribution < -0.4 is 4.89 Å². The Bertz CT molecular complexity index is 203. The van der Waals surface area contributed by atoms with Gasteiger partial charge in [0.15, 0.2) is 5.75 Å². The number of hydrogen-bond acceptors (Lipinski definition) is 4. The van der Waals surface area contributed by atoms with E-state index in [0.717, 1.165) is 12.0 Å². The van der Waals surface area contributed by atoms with Crippen LogP contribution in [-0.4, -0.2) is 17.5 Å². The van der Waals surface area contributed by atoms with Gasteiger partial charge in [0.1, 0.15) is 0 Å². The number of para-hydroxylation sites is 1. The quantitative estimate of drug-likeness (QED) is 0.328. The summed E-state index contributed by atoms with van der Waals surface area (Å²) >= 11 is 1.08. The first-order chi connectivity index (χ1) is 5.93. The second kappa shape index (κ2) is 5.88.